The first-order chi connectivity index (χ1) is 10.1. The molecule has 0 aliphatic carbocycles. The lowest BCUT2D eigenvalue weighted by atomic mass is 10.1. The van der Waals surface area contributed by atoms with Crippen LogP contribution >= 0.6 is 12.2 Å². The molecule has 1 N–H and O–H groups in total. The first-order valence-corrected chi connectivity index (χ1v) is 7.28. The zero-order valence-electron chi connectivity index (χ0n) is 12.2. The van der Waals surface area contributed by atoms with Gasteiger partial charge < -0.3 is 4.90 Å². The van der Waals surface area contributed by atoms with Gasteiger partial charge >= 0.3 is 0 Å². The van der Waals surface area contributed by atoms with E-state index in [4.69, 9.17) is 12.2 Å². The number of aryl methyl sites for hydroxylation is 1. The van der Waals surface area contributed by atoms with Crippen molar-refractivity contribution in [1.29, 1.82) is 0 Å². The van der Waals surface area contributed by atoms with Crippen LogP contribution in [-0.4, -0.2) is 17.6 Å². The summed E-state index contributed by atoms with van der Waals surface area (Å²) in [5, 5.41) is 3.22. The van der Waals surface area contributed by atoms with Gasteiger partial charge in [-0.2, -0.15) is 0 Å². The molecule has 2 aromatic rings. The Morgan fingerprint density at radius 1 is 1.10 bits per heavy atom. The van der Waals surface area contributed by atoms with E-state index in [-0.39, 0.29) is 5.91 Å². The van der Waals surface area contributed by atoms with Crippen LogP contribution in [0.15, 0.2) is 54.6 Å². The molecule has 4 heteroatoms. The van der Waals surface area contributed by atoms with E-state index >= 15 is 0 Å². The molecule has 0 heterocycles. The molecular weight excluding hydrogens is 280 g/mol. The molecule has 0 fully saturated rings. The van der Waals surface area contributed by atoms with Crippen molar-refractivity contribution in [3.63, 3.8) is 0 Å². The van der Waals surface area contributed by atoms with Crippen molar-refractivity contribution in [2.45, 2.75) is 13.8 Å². The van der Waals surface area contributed by atoms with E-state index in [0.29, 0.717) is 17.2 Å². The maximum absolute atomic E-state index is 12.3. The second-order valence-electron chi connectivity index (χ2n) is 4.65. The molecule has 0 aromatic heterocycles. The Kier molecular flexibility index (Phi) is 5.06. The molecule has 0 aliphatic heterocycles. The molecule has 2 aromatic carbocycles. The van der Waals surface area contributed by atoms with Crippen molar-refractivity contribution in [3.05, 3.63) is 65.7 Å². The Hall–Kier alpha value is -2.20. The van der Waals surface area contributed by atoms with Gasteiger partial charge in [0.05, 0.1) is 0 Å². The lowest BCUT2D eigenvalue weighted by Gasteiger charge is -2.24. The first-order valence-electron chi connectivity index (χ1n) is 6.87. The Morgan fingerprint density at radius 2 is 1.71 bits per heavy atom. The van der Waals surface area contributed by atoms with Crippen molar-refractivity contribution in [3.8, 4) is 0 Å². The van der Waals surface area contributed by atoms with Gasteiger partial charge in [-0.3, -0.25) is 10.1 Å². The summed E-state index contributed by atoms with van der Waals surface area (Å²) in [4.78, 5) is 14.2. The number of anilines is 1. The van der Waals surface area contributed by atoms with Crippen LogP contribution in [0.3, 0.4) is 0 Å². The summed E-state index contributed by atoms with van der Waals surface area (Å²) >= 11 is 5.37. The predicted octanol–water partition coefficient (Wildman–Crippen LogP) is 3.54. The molecule has 2 rings (SSSR count). The third-order valence-corrected chi connectivity index (χ3v) is 3.56. The van der Waals surface area contributed by atoms with Crippen LogP contribution in [0.25, 0.3) is 0 Å². The number of rotatable bonds is 3. The summed E-state index contributed by atoms with van der Waals surface area (Å²) in [6.07, 6.45) is 0. The van der Waals surface area contributed by atoms with Crippen molar-refractivity contribution >= 4 is 28.9 Å². The summed E-state index contributed by atoms with van der Waals surface area (Å²) < 4.78 is 0. The van der Waals surface area contributed by atoms with Crippen LogP contribution in [0.1, 0.15) is 22.8 Å². The van der Waals surface area contributed by atoms with E-state index in [1.807, 2.05) is 67.3 Å². The Labute approximate surface area is 130 Å². The largest absolute Gasteiger partial charge is 0.319 e. The predicted molar refractivity (Wildman–Crippen MR) is 90.7 cm³/mol. The second kappa shape index (κ2) is 6.99. The van der Waals surface area contributed by atoms with Gasteiger partial charge in [-0.1, -0.05) is 36.4 Å². The van der Waals surface area contributed by atoms with Crippen molar-refractivity contribution in [2.24, 2.45) is 0 Å². The fraction of sp³-hybridized carbons (Fsp3) is 0.176. The summed E-state index contributed by atoms with van der Waals surface area (Å²) in [5.74, 6) is -0.174. The Balaban J connectivity index is 2.13. The van der Waals surface area contributed by atoms with Crippen molar-refractivity contribution < 1.29 is 4.79 Å². The number of nitrogens with one attached hydrogen (secondary N) is 1. The SMILES string of the molecule is CCN(C(=S)NC(=O)c1ccccc1C)c1ccccc1. The normalized spacial score (nSPS) is 10.0. The van der Waals surface area contributed by atoms with E-state index in [1.54, 1.807) is 6.07 Å². The van der Waals surface area contributed by atoms with Gasteiger partial charge in [0.15, 0.2) is 5.11 Å². The molecule has 3 nitrogen and oxygen atoms in total. The van der Waals surface area contributed by atoms with E-state index in [0.717, 1.165) is 11.3 Å². The van der Waals surface area contributed by atoms with Crippen molar-refractivity contribution in [1.82, 2.24) is 5.32 Å². The molecule has 108 valence electrons. The van der Waals surface area contributed by atoms with Gasteiger partial charge in [0.25, 0.3) is 5.91 Å². The van der Waals surface area contributed by atoms with Crippen LogP contribution in [0.4, 0.5) is 5.69 Å². The van der Waals surface area contributed by atoms with Gasteiger partial charge in [-0.25, -0.2) is 0 Å². The fourth-order valence-corrected chi connectivity index (χ4v) is 2.44. The smallest absolute Gasteiger partial charge is 0.257 e. The number of hydrogen-bond donors (Lipinski definition) is 1. The highest BCUT2D eigenvalue weighted by Crippen LogP contribution is 2.13. The fourth-order valence-electron chi connectivity index (χ4n) is 2.11. The van der Waals surface area contributed by atoms with Gasteiger partial charge in [0.1, 0.15) is 0 Å². The topological polar surface area (TPSA) is 32.3 Å². The number of benzene rings is 2. The van der Waals surface area contributed by atoms with Crippen LogP contribution in [-0.2, 0) is 0 Å². The Bertz CT molecular complexity index is 640. The summed E-state index contributed by atoms with van der Waals surface area (Å²) in [7, 11) is 0. The maximum atomic E-state index is 12.3. The molecule has 0 unspecified atom stereocenters. The lowest BCUT2D eigenvalue weighted by Crippen LogP contribution is -2.42. The highest BCUT2D eigenvalue weighted by atomic mass is 32.1. The maximum Gasteiger partial charge on any atom is 0.257 e. The Morgan fingerprint density at radius 3 is 2.33 bits per heavy atom. The number of carbonyl (C=O) groups is 1. The number of hydrogen-bond acceptors (Lipinski definition) is 2. The number of thiocarbonyl (C=S) groups is 1. The molecule has 0 spiro atoms. The third-order valence-electron chi connectivity index (χ3n) is 3.24. The highest BCUT2D eigenvalue weighted by Gasteiger charge is 2.15. The van der Waals surface area contributed by atoms with Crippen LogP contribution in [0, 0.1) is 6.92 Å². The highest BCUT2D eigenvalue weighted by molar-refractivity contribution is 7.80. The standard InChI is InChI=1S/C17H18N2OS/c1-3-19(14-10-5-4-6-11-14)17(21)18-16(20)15-12-8-7-9-13(15)2/h4-12H,3H2,1-2H3,(H,18,20,21). The minimum atomic E-state index is -0.174. The summed E-state index contributed by atoms with van der Waals surface area (Å²) in [5.41, 5.74) is 2.54. The van der Waals surface area contributed by atoms with E-state index in [2.05, 4.69) is 5.32 Å². The minimum Gasteiger partial charge on any atom is -0.319 e. The monoisotopic (exact) mass is 298 g/mol. The summed E-state index contributed by atoms with van der Waals surface area (Å²) in [6, 6.07) is 17.2. The summed E-state index contributed by atoms with van der Waals surface area (Å²) in [6.45, 7) is 4.60. The van der Waals surface area contributed by atoms with Gasteiger partial charge in [-0.15, -0.1) is 0 Å². The zero-order chi connectivity index (χ0) is 15.2. The van der Waals surface area contributed by atoms with Gasteiger partial charge in [-0.05, 0) is 49.8 Å². The van der Waals surface area contributed by atoms with E-state index in [1.165, 1.54) is 0 Å². The molecule has 21 heavy (non-hydrogen) atoms. The van der Waals surface area contributed by atoms with E-state index in [9.17, 15) is 4.79 Å². The number of carbonyl (C=O) groups excluding carboxylic acids is 1. The van der Waals surface area contributed by atoms with Crippen LogP contribution in [0.2, 0.25) is 0 Å². The van der Waals surface area contributed by atoms with Crippen LogP contribution < -0.4 is 10.2 Å². The van der Waals surface area contributed by atoms with Gasteiger partial charge in [0, 0.05) is 17.8 Å². The molecule has 0 radical (unpaired) electrons. The average molecular weight is 298 g/mol. The van der Waals surface area contributed by atoms with Gasteiger partial charge in [0.2, 0.25) is 0 Å². The third kappa shape index (κ3) is 3.67. The first kappa shape index (κ1) is 15.2. The molecule has 0 aliphatic rings. The van der Waals surface area contributed by atoms with Crippen LogP contribution in [0.5, 0.6) is 0 Å². The molecule has 0 bridgehead atoms. The zero-order valence-corrected chi connectivity index (χ0v) is 13.0. The number of para-hydroxylation sites is 1. The second-order valence-corrected chi connectivity index (χ2v) is 5.04. The molecule has 0 saturated heterocycles. The molecule has 1 amide bonds. The molecular formula is C17H18N2OS. The number of amides is 1. The molecule has 0 atom stereocenters. The number of nitrogens with zero attached hydrogens (tertiary/aromatic N) is 1. The van der Waals surface area contributed by atoms with Crippen molar-refractivity contribution in [2.75, 3.05) is 11.4 Å². The molecule has 0 saturated carbocycles. The quantitative estimate of drug-likeness (QED) is 0.880. The lowest BCUT2D eigenvalue weighted by molar-refractivity contribution is 0.0976. The average Bonchev–Trinajstić information content (AvgIpc) is 2.49. The van der Waals surface area contributed by atoms with E-state index < -0.39 is 0 Å². The minimum absolute atomic E-state index is 0.174.